The van der Waals surface area contributed by atoms with Crippen LogP contribution < -0.4 is 4.80 Å². The Morgan fingerprint density at radius 2 is 1.81 bits per heavy atom. The number of thiazole rings is 1. The summed E-state index contributed by atoms with van der Waals surface area (Å²) in [6.45, 7) is 12.2. The number of halogens is 3. The van der Waals surface area contributed by atoms with Crippen molar-refractivity contribution in [1.82, 2.24) is 4.57 Å². The Morgan fingerprint density at radius 1 is 1.19 bits per heavy atom. The van der Waals surface area contributed by atoms with Crippen molar-refractivity contribution in [3.8, 4) is 0 Å². The number of amides is 1. The van der Waals surface area contributed by atoms with Gasteiger partial charge in [0.25, 0.3) is 5.91 Å². The van der Waals surface area contributed by atoms with Gasteiger partial charge in [0.15, 0.2) is 4.80 Å². The molecule has 0 saturated heterocycles. The fourth-order valence-corrected chi connectivity index (χ4v) is 4.14. The summed E-state index contributed by atoms with van der Waals surface area (Å²) in [4.78, 5) is 18.2. The molecular weight excluding hydrogens is 361 g/mol. The van der Waals surface area contributed by atoms with Gasteiger partial charge in [-0.05, 0) is 44.4 Å². The lowest BCUT2D eigenvalue weighted by Gasteiger charge is -2.18. The summed E-state index contributed by atoms with van der Waals surface area (Å²) in [7, 11) is 0. The topological polar surface area (TPSA) is 34.4 Å². The zero-order chi connectivity index (χ0) is 19.9. The molecule has 1 heterocycles. The molecule has 0 radical (unpaired) electrons. The van der Waals surface area contributed by atoms with Gasteiger partial charge in [0.1, 0.15) is 0 Å². The van der Waals surface area contributed by atoms with Gasteiger partial charge in [-0.1, -0.05) is 26.8 Å². The van der Waals surface area contributed by atoms with Gasteiger partial charge in [0, 0.05) is 22.2 Å². The maximum Gasteiger partial charge on any atom is 0.416 e. The molecule has 0 saturated carbocycles. The van der Waals surface area contributed by atoms with E-state index < -0.39 is 17.6 Å². The van der Waals surface area contributed by atoms with Gasteiger partial charge in [-0.15, -0.1) is 11.3 Å². The first kappa shape index (κ1) is 20.4. The van der Waals surface area contributed by atoms with E-state index in [2.05, 4.69) is 25.8 Å². The number of aromatic nitrogens is 1. The minimum atomic E-state index is -4.49. The standard InChI is InChI=1S/C19H23F3N2OS/c1-11(2)24-12(3)15(18(4,5)6)26-17(24)23-16(25)13-8-7-9-14(10-13)19(20,21)22/h7-11H,1-6H3/b23-17-. The van der Waals surface area contributed by atoms with Crippen LogP contribution >= 0.6 is 11.3 Å². The fraction of sp³-hybridized carbons (Fsp3) is 0.474. The number of alkyl halides is 3. The molecule has 0 spiro atoms. The molecule has 0 fully saturated rings. The van der Waals surface area contributed by atoms with Gasteiger partial charge in [-0.25, -0.2) is 0 Å². The molecule has 1 amide bonds. The van der Waals surface area contributed by atoms with Crippen molar-refractivity contribution in [3.05, 3.63) is 50.8 Å². The number of hydrogen-bond donors (Lipinski definition) is 0. The number of hydrogen-bond acceptors (Lipinski definition) is 2. The predicted octanol–water partition coefficient (Wildman–Crippen LogP) is 5.50. The Morgan fingerprint density at radius 3 is 2.31 bits per heavy atom. The average molecular weight is 384 g/mol. The van der Waals surface area contributed by atoms with E-state index in [1.54, 1.807) is 0 Å². The van der Waals surface area contributed by atoms with Crippen LogP contribution in [0.1, 0.15) is 67.2 Å². The van der Waals surface area contributed by atoms with Gasteiger partial charge < -0.3 is 4.57 Å². The van der Waals surface area contributed by atoms with Crippen molar-refractivity contribution >= 4 is 17.2 Å². The molecule has 0 aliphatic rings. The number of rotatable bonds is 2. The Labute approximate surface area is 155 Å². The fourth-order valence-electron chi connectivity index (χ4n) is 2.83. The van der Waals surface area contributed by atoms with Crippen molar-refractivity contribution in [2.24, 2.45) is 4.99 Å². The summed E-state index contributed by atoms with van der Waals surface area (Å²) in [6.07, 6.45) is -4.49. The molecule has 0 unspecified atom stereocenters. The monoisotopic (exact) mass is 384 g/mol. The molecule has 3 nitrogen and oxygen atoms in total. The molecule has 2 aromatic rings. The average Bonchev–Trinajstić information content (AvgIpc) is 2.83. The van der Waals surface area contributed by atoms with Crippen LogP contribution in [0.25, 0.3) is 0 Å². The van der Waals surface area contributed by atoms with Gasteiger partial charge in [0.05, 0.1) is 5.56 Å². The second-order valence-electron chi connectivity index (χ2n) is 7.51. The highest BCUT2D eigenvalue weighted by Crippen LogP contribution is 2.31. The van der Waals surface area contributed by atoms with E-state index in [0.29, 0.717) is 4.80 Å². The van der Waals surface area contributed by atoms with Crippen molar-refractivity contribution in [3.63, 3.8) is 0 Å². The quantitative estimate of drug-likeness (QED) is 0.673. The van der Waals surface area contributed by atoms with E-state index >= 15 is 0 Å². The molecule has 0 aliphatic carbocycles. The molecule has 0 N–H and O–H groups in total. The number of benzene rings is 1. The Bertz CT molecular complexity index is 883. The molecule has 2 rings (SSSR count). The highest BCUT2D eigenvalue weighted by molar-refractivity contribution is 7.09. The summed E-state index contributed by atoms with van der Waals surface area (Å²) < 4.78 is 40.6. The highest BCUT2D eigenvalue weighted by atomic mass is 32.1. The summed E-state index contributed by atoms with van der Waals surface area (Å²) >= 11 is 1.41. The van der Waals surface area contributed by atoms with Gasteiger partial charge in [0.2, 0.25) is 0 Å². The van der Waals surface area contributed by atoms with Crippen molar-refractivity contribution in [2.45, 2.75) is 59.2 Å². The molecule has 26 heavy (non-hydrogen) atoms. The molecule has 7 heteroatoms. The van der Waals surface area contributed by atoms with Crippen LogP contribution in [0.4, 0.5) is 13.2 Å². The summed E-state index contributed by atoms with van der Waals surface area (Å²) in [5, 5.41) is 0. The van der Waals surface area contributed by atoms with Crippen LogP contribution in [-0.2, 0) is 11.6 Å². The maximum atomic E-state index is 12.9. The van der Waals surface area contributed by atoms with E-state index in [-0.39, 0.29) is 17.0 Å². The van der Waals surface area contributed by atoms with Crippen LogP contribution in [0.3, 0.4) is 0 Å². The van der Waals surface area contributed by atoms with Crippen LogP contribution in [0.15, 0.2) is 29.3 Å². The zero-order valence-electron chi connectivity index (χ0n) is 15.7. The van der Waals surface area contributed by atoms with Gasteiger partial charge in [-0.2, -0.15) is 18.2 Å². The van der Waals surface area contributed by atoms with Crippen LogP contribution in [0.2, 0.25) is 0 Å². The van der Waals surface area contributed by atoms with Crippen LogP contribution in [-0.4, -0.2) is 10.5 Å². The Kier molecular flexibility index (Phi) is 5.52. The first-order chi connectivity index (χ1) is 11.8. The first-order valence-electron chi connectivity index (χ1n) is 8.31. The predicted molar refractivity (Wildman–Crippen MR) is 97.5 cm³/mol. The van der Waals surface area contributed by atoms with E-state index in [0.717, 1.165) is 22.7 Å². The van der Waals surface area contributed by atoms with E-state index in [4.69, 9.17) is 0 Å². The smallest absolute Gasteiger partial charge is 0.318 e. The van der Waals surface area contributed by atoms with Crippen molar-refractivity contribution < 1.29 is 18.0 Å². The van der Waals surface area contributed by atoms with Crippen molar-refractivity contribution in [2.75, 3.05) is 0 Å². The molecule has 1 aromatic carbocycles. The molecule has 1 aromatic heterocycles. The van der Waals surface area contributed by atoms with Crippen molar-refractivity contribution in [1.29, 1.82) is 0 Å². The third kappa shape index (κ3) is 4.26. The molecule has 0 aliphatic heterocycles. The molecule has 0 bridgehead atoms. The van der Waals surface area contributed by atoms with E-state index in [1.165, 1.54) is 23.5 Å². The summed E-state index contributed by atoms with van der Waals surface area (Å²) in [6, 6.07) is 4.44. The lowest BCUT2D eigenvalue weighted by molar-refractivity contribution is -0.137. The number of nitrogens with zero attached hydrogens (tertiary/aromatic N) is 2. The summed E-state index contributed by atoms with van der Waals surface area (Å²) in [5.74, 6) is -0.674. The zero-order valence-corrected chi connectivity index (χ0v) is 16.5. The lowest BCUT2D eigenvalue weighted by Crippen LogP contribution is -2.20. The Balaban J connectivity index is 2.58. The lowest BCUT2D eigenvalue weighted by atomic mass is 9.93. The number of carbonyl (C=O) groups excluding carboxylic acids is 1. The minimum absolute atomic E-state index is 0.0708. The second kappa shape index (κ2) is 7.02. The van der Waals surface area contributed by atoms with E-state index in [9.17, 15) is 18.0 Å². The SMILES string of the molecule is Cc1c(C(C)(C)C)s/c(=N\C(=O)c2cccc(C(F)(F)F)c2)n1C(C)C. The molecule has 0 atom stereocenters. The third-order valence-corrected chi connectivity index (χ3v) is 5.50. The minimum Gasteiger partial charge on any atom is -0.318 e. The normalized spacial score (nSPS) is 13.5. The van der Waals surface area contributed by atoms with Crippen LogP contribution in [0.5, 0.6) is 0 Å². The molecule has 142 valence electrons. The van der Waals surface area contributed by atoms with Gasteiger partial charge >= 0.3 is 6.18 Å². The second-order valence-corrected chi connectivity index (χ2v) is 8.49. The van der Waals surface area contributed by atoms with E-state index in [1.807, 2.05) is 25.3 Å². The first-order valence-corrected chi connectivity index (χ1v) is 9.12. The Hall–Kier alpha value is -1.89. The summed E-state index contributed by atoms with van der Waals surface area (Å²) in [5.41, 5.74) is -0.0158. The van der Waals surface area contributed by atoms with Gasteiger partial charge in [-0.3, -0.25) is 4.79 Å². The third-order valence-electron chi connectivity index (χ3n) is 3.92. The van der Waals surface area contributed by atoms with Crippen LogP contribution in [0, 0.1) is 6.92 Å². The molecular formula is C19H23F3N2OS. The highest BCUT2D eigenvalue weighted by Gasteiger charge is 2.31. The number of carbonyl (C=O) groups is 1. The maximum absolute atomic E-state index is 12.9. The largest absolute Gasteiger partial charge is 0.416 e.